The zero-order valence-electron chi connectivity index (χ0n) is 19.2. The molecule has 1 atom stereocenters. The second-order valence-corrected chi connectivity index (χ2v) is 8.55. The van der Waals surface area contributed by atoms with E-state index in [2.05, 4.69) is 27.9 Å². The highest BCUT2D eigenvalue weighted by Gasteiger charge is 2.27. The van der Waals surface area contributed by atoms with Crippen molar-refractivity contribution in [3.05, 3.63) is 63.2 Å². The normalized spacial score (nSPS) is 15.6. The van der Waals surface area contributed by atoms with Crippen LogP contribution in [0.15, 0.2) is 35.1 Å². The number of carbonyl (C=O) groups is 1. The van der Waals surface area contributed by atoms with E-state index in [4.69, 9.17) is 9.47 Å². The lowest BCUT2D eigenvalue weighted by Gasteiger charge is -2.30. The molecular weight excluding hydrogens is 406 g/mol. The third-order valence-electron chi connectivity index (χ3n) is 6.61. The maximum atomic E-state index is 13.3. The molecule has 0 unspecified atom stereocenters. The number of amides is 1. The van der Waals surface area contributed by atoms with Crippen LogP contribution in [-0.2, 0) is 11.3 Å². The minimum absolute atomic E-state index is 0.0894. The Morgan fingerprint density at radius 2 is 2.00 bits per heavy atom. The van der Waals surface area contributed by atoms with Crippen molar-refractivity contribution in [3.63, 3.8) is 0 Å². The van der Waals surface area contributed by atoms with Gasteiger partial charge in [0.05, 0.1) is 24.8 Å². The Kier molecular flexibility index (Phi) is 6.37. The predicted molar refractivity (Wildman–Crippen MR) is 124 cm³/mol. The summed E-state index contributed by atoms with van der Waals surface area (Å²) in [5.41, 5.74) is 3.51. The van der Waals surface area contributed by atoms with Gasteiger partial charge in [0.2, 0.25) is 0 Å². The number of ether oxygens (including phenoxy) is 2. The van der Waals surface area contributed by atoms with Crippen molar-refractivity contribution >= 4 is 16.8 Å². The molecule has 1 aliphatic heterocycles. The molecule has 1 aromatic carbocycles. The van der Waals surface area contributed by atoms with Crippen LogP contribution in [0.25, 0.3) is 10.9 Å². The van der Waals surface area contributed by atoms with E-state index in [9.17, 15) is 9.59 Å². The fourth-order valence-corrected chi connectivity index (χ4v) is 4.90. The molecule has 7 heteroatoms. The highest BCUT2D eigenvalue weighted by molar-refractivity contribution is 6.08. The highest BCUT2D eigenvalue weighted by atomic mass is 16.5. The van der Waals surface area contributed by atoms with Crippen LogP contribution in [-0.4, -0.2) is 35.8 Å². The number of hydrogen-bond acceptors (Lipinski definition) is 4. The summed E-state index contributed by atoms with van der Waals surface area (Å²) in [6, 6.07) is 10.0. The van der Waals surface area contributed by atoms with Crippen LogP contribution in [0.5, 0.6) is 5.75 Å². The van der Waals surface area contributed by atoms with Crippen LogP contribution in [0.4, 0.5) is 0 Å². The van der Waals surface area contributed by atoms with E-state index in [1.807, 2.05) is 25.1 Å². The molecule has 0 saturated carbocycles. The Morgan fingerprint density at radius 3 is 2.72 bits per heavy atom. The van der Waals surface area contributed by atoms with Crippen molar-refractivity contribution in [2.75, 3.05) is 20.3 Å². The van der Waals surface area contributed by atoms with Gasteiger partial charge in [0.15, 0.2) is 0 Å². The number of H-pyrrole nitrogens is 1. The van der Waals surface area contributed by atoms with Crippen LogP contribution < -0.4 is 15.6 Å². The van der Waals surface area contributed by atoms with Crippen molar-refractivity contribution in [2.24, 2.45) is 5.92 Å². The van der Waals surface area contributed by atoms with Gasteiger partial charge in [-0.1, -0.05) is 18.2 Å². The Bertz CT molecular complexity index is 1190. The summed E-state index contributed by atoms with van der Waals surface area (Å²) >= 11 is 0. The largest absolute Gasteiger partial charge is 0.496 e. The number of pyridine rings is 1. The maximum Gasteiger partial charge on any atom is 0.256 e. The Morgan fingerprint density at radius 1 is 1.28 bits per heavy atom. The number of methoxy groups -OCH3 is 1. The van der Waals surface area contributed by atoms with Crippen LogP contribution in [0, 0.1) is 19.8 Å². The number of para-hydroxylation sites is 1. The lowest BCUT2D eigenvalue weighted by molar-refractivity contribution is 0.0517. The molecule has 1 fully saturated rings. The van der Waals surface area contributed by atoms with Gasteiger partial charge in [0, 0.05) is 41.5 Å². The fraction of sp³-hybridized carbons (Fsp3) is 0.440. The molecule has 2 aromatic heterocycles. The summed E-state index contributed by atoms with van der Waals surface area (Å²) < 4.78 is 13.2. The Hall–Kier alpha value is -3.06. The monoisotopic (exact) mass is 437 g/mol. The molecule has 170 valence electrons. The van der Waals surface area contributed by atoms with Crippen molar-refractivity contribution in [2.45, 2.75) is 46.2 Å². The third kappa shape index (κ3) is 4.05. The van der Waals surface area contributed by atoms with E-state index in [0.29, 0.717) is 28.5 Å². The minimum Gasteiger partial charge on any atom is -0.496 e. The average Bonchev–Trinajstić information content (AvgIpc) is 3.09. The standard InChI is InChI=1S/C25H31N3O4/c1-15-13-22(31-4)20(24(29)27-15)14-26-25(30)23-17(3)28(21-8-6-5-7-19(21)23)16(2)18-9-11-32-12-10-18/h5-8,13,16,18H,9-12,14H2,1-4H3,(H,26,30)(H,27,29)/t16-/m1/s1. The zero-order valence-corrected chi connectivity index (χ0v) is 19.2. The number of aryl methyl sites for hydroxylation is 1. The minimum atomic E-state index is -0.255. The number of nitrogens with one attached hydrogen (secondary N) is 2. The first-order chi connectivity index (χ1) is 15.4. The summed E-state index contributed by atoms with van der Waals surface area (Å²) in [5, 5.41) is 3.87. The fourth-order valence-electron chi connectivity index (χ4n) is 4.90. The maximum absolute atomic E-state index is 13.3. The summed E-state index contributed by atoms with van der Waals surface area (Å²) in [6.45, 7) is 7.69. The molecule has 0 radical (unpaired) electrons. The molecule has 1 saturated heterocycles. The summed E-state index contributed by atoms with van der Waals surface area (Å²) in [6.07, 6.45) is 2.04. The van der Waals surface area contributed by atoms with Gasteiger partial charge < -0.3 is 24.3 Å². The molecule has 0 aliphatic carbocycles. The van der Waals surface area contributed by atoms with Crippen molar-refractivity contribution in [3.8, 4) is 5.75 Å². The number of aromatic amines is 1. The molecule has 1 aliphatic rings. The number of carbonyl (C=O) groups excluding carboxylic acids is 1. The SMILES string of the molecule is COc1cc(C)[nH]c(=O)c1CNC(=O)c1c(C)n([C@H](C)C2CCOCC2)c2ccccc12. The number of rotatable bonds is 6. The van der Waals surface area contributed by atoms with Gasteiger partial charge in [0.1, 0.15) is 5.75 Å². The predicted octanol–water partition coefficient (Wildman–Crippen LogP) is 3.87. The first kappa shape index (κ1) is 22.1. The zero-order chi connectivity index (χ0) is 22.8. The van der Waals surface area contributed by atoms with Crippen molar-refractivity contribution in [1.29, 1.82) is 0 Å². The molecule has 0 bridgehead atoms. The van der Waals surface area contributed by atoms with Gasteiger partial charge >= 0.3 is 0 Å². The number of nitrogens with zero attached hydrogens (tertiary/aromatic N) is 1. The molecule has 3 aromatic rings. The highest BCUT2D eigenvalue weighted by Crippen LogP contribution is 2.35. The van der Waals surface area contributed by atoms with Crippen LogP contribution in [0.3, 0.4) is 0 Å². The van der Waals surface area contributed by atoms with Gasteiger partial charge in [-0.05, 0) is 51.7 Å². The van der Waals surface area contributed by atoms with Gasteiger partial charge in [0.25, 0.3) is 11.5 Å². The lowest BCUT2D eigenvalue weighted by Crippen LogP contribution is -2.28. The molecule has 1 amide bonds. The smallest absolute Gasteiger partial charge is 0.256 e. The second kappa shape index (κ2) is 9.20. The van der Waals surface area contributed by atoms with Gasteiger partial charge in [-0.2, -0.15) is 0 Å². The lowest BCUT2D eigenvalue weighted by atomic mass is 9.92. The first-order valence-corrected chi connectivity index (χ1v) is 11.1. The first-order valence-electron chi connectivity index (χ1n) is 11.1. The molecule has 3 heterocycles. The van der Waals surface area contributed by atoms with E-state index < -0.39 is 0 Å². The third-order valence-corrected chi connectivity index (χ3v) is 6.61. The Balaban J connectivity index is 1.67. The number of benzene rings is 1. The summed E-state index contributed by atoms with van der Waals surface area (Å²) in [4.78, 5) is 28.5. The van der Waals surface area contributed by atoms with Gasteiger partial charge in [-0.25, -0.2) is 0 Å². The van der Waals surface area contributed by atoms with Crippen molar-refractivity contribution in [1.82, 2.24) is 14.9 Å². The molecular formula is C25H31N3O4. The number of aromatic nitrogens is 2. The van der Waals surface area contributed by atoms with Crippen LogP contribution in [0.1, 0.15) is 53.1 Å². The van der Waals surface area contributed by atoms with E-state index in [1.165, 1.54) is 7.11 Å². The topological polar surface area (TPSA) is 85.4 Å². The molecule has 7 nitrogen and oxygen atoms in total. The molecule has 4 rings (SSSR count). The number of fused-ring (bicyclic) bond motifs is 1. The molecule has 0 spiro atoms. The molecule has 32 heavy (non-hydrogen) atoms. The average molecular weight is 438 g/mol. The summed E-state index contributed by atoms with van der Waals surface area (Å²) in [5.74, 6) is 0.780. The van der Waals surface area contributed by atoms with E-state index >= 15 is 0 Å². The molecule has 2 N–H and O–H groups in total. The van der Waals surface area contributed by atoms with Crippen LogP contribution in [0.2, 0.25) is 0 Å². The number of hydrogen-bond donors (Lipinski definition) is 2. The van der Waals surface area contributed by atoms with Gasteiger partial charge in [-0.15, -0.1) is 0 Å². The van der Waals surface area contributed by atoms with E-state index in [0.717, 1.165) is 42.7 Å². The van der Waals surface area contributed by atoms with Crippen molar-refractivity contribution < 1.29 is 14.3 Å². The van der Waals surface area contributed by atoms with E-state index in [1.54, 1.807) is 13.0 Å². The van der Waals surface area contributed by atoms with Gasteiger partial charge in [-0.3, -0.25) is 9.59 Å². The quantitative estimate of drug-likeness (QED) is 0.613. The van der Waals surface area contributed by atoms with E-state index in [-0.39, 0.29) is 24.1 Å². The summed E-state index contributed by atoms with van der Waals surface area (Å²) in [7, 11) is 1.52. The Labute approximate surface area is 187 Å². The van der Waals surface area contributed by atoms with Crippen LogP contribution >= 0.6 is 0 Å². The second-order valence-electron chi connectivity index (χ2n) is 8.55.